The predicted molar refractivity (Wildman–Crippen MR) is 145 cm³/mol. The Bertz CT molecular complexity index is 1480. The molecule has 4 aromatic rings. The molecule has 0 spiro atoms. The Morgan fingerprint density at radius 2 is 2.03 bits per heavy atom. The fourth-order valence-corrected chi connectivity index (χ4v) is 5.72. The number of rotatable bonds is 5. The van der Waals surface area contributed by atoms with Crippen molar-refractivity contribution in [1.82, 2.24) is 34.9 Å². The Labute approximate surface area is 221 Å². The van der Waals surface area contributed by atoms with Crippen LogP contribution < -0.4 is 10.6 Å². The molecule has 6 rings (SSSR count). The van der Waals surface area contributed by atoms with Gasteiger partial charge >= 0.3 is 12.1 Å². The topological polar surface area (TPSA) is 111 Å². The number of carbonyl (C=O) groups excluding carboxylic acids is 2. The average Bonchev–Trinajstić information content (AvgIpc) is 3.57. The standard InChI is InChI=1S/C28H32N8O2/c1-18-13-19(14-21-16-30-33-25(18)21)15-24(26-29-9-12-34(26)2)32-27(37)35-10-7-22(8-11-35)36-17-20-5-3-4-6-23(20)31-28(36)38/h3-6,9,12-14,16,22,24H,7-8,10-11,15,17H2,1-2H3,(H,30,33)(H,31,38)(H,32,37). The lowest BCUT2D eigenvalue weighted by atomic mass is 10.00. The molecule has 2 aliphatic heterocycles. The molecule has 196 valence electrons. The van der Waals surface area contributed by atoms with Gasteiger partial charge in [0.25, 0.3) is 0 Å². The van der Waals surface area contributed by atoms with Gasteiger partial charge in [-0.3, -0.25) is 5.10 Å². The van der Waals surface area contributed by atoms with Crippen LogP contribution in [-0.2, 0) is 20.0 Å². The van der Waals surface area contributed by atoms with E-state index >= 15 is 0 Å². The first-order valence-electron chi connectivity index (χ1n) is 13.1. The number of fused-ring (bicyclic) bond motifs is 2. The van der Waals surface area contributed by atoms with E-state index in [9.17, 15) is 9.59 Å². The summed E-state index contributed by atoms with van der Waals surface area (Å²) >= 11 is 0. The number of H-pyrrole nitrogens is 1. The first-order valence-corrected chi connectivity index (χ1v) is 13.1. The molecule has 4 heterocycles. The highest BCUT2D eigenvalue weighted by Crippen LogP contribution is 2.28. The summed E-state index contributed by atoms with van der Waals surface area (Å²) in [4.78, 5) is 34.5. The van der Waals surface area contributed by atoms with Crippen LogP contribution in [0.3, 0.4) is 0 Å². The number of aromatic amines is 1. The van der Waals surface area contributed by atoms with Gasteiger partial charge in [-0.05, 0) is 55.0 Å². The lowest BCUT2D eigenvalue weighted by Gasteiger charge is -2.40. The summed E-state index contributed by atoms with van der Waals surface area (Å²) in [5, 5.41) is 14.5. The second-order valence-electron chi connectivity index (χ2n) is 10.3. The van der Waals surface area contributed by atoms with Gasteiger partial charge in [-0.2, -0.15) is 5.10 Å². The van der Waals surface area contributed by atoms with E-state index in [1.54, 1.807) is 6.20 Å². The number of nitrogens with zero attached hydrogens (tertiary/aromatic N) is 5. The number of likely N-dealkylation sites (tertiary alicyclic amines) is 1. The quantitative estimate of drug-likeness (QED) is 0.374. The van der Waals surface area contributed by atoms with Crippen molar-refractivity contribution in [2.24, 2.45) is 7.05 Å². The maximum atomic E-state index is 13.4. The molecule has 0 bridgehead atoms. The van der Waals surface area contributed by atoms with E-state index in [1.165, 1.54) is 0 Å². The second kappa shape index (κ2) is 9.85. The molecule has 1 unspecified atom stereocenters. The first kappa shape index (κ1) is 24.0. The van der Waals surface area contributed by atoms with E-state index in [4.69, 9.17) is 0 Å². The maximum absolute atomic E-state index is 13.4. The molecule has 38 heavy (non-hydrogen) atoms. The van der Waals surface area contributed by atoms with Crippen molar-refractivity contribution in [1.29, 1.82) is 0 Å². The molecular weight excluding hydrogens is 480 g/mol. The summed E-state index contributed by atoms with van der Waals surface area (Å²) < 4.78 is 1.95. The van der Waals surface area contributed by atoms with Crippen LogP contribution in [0.4, 0.5) is 15.3 Å². The highest BCUT2D eigenvalue weighted by atomic mass is 16.2. The van der Waals surface area contributed by atoms with Gasteiger partial charge in [0.2, 0.25) is 0 Å². The third kappa shape index (κ3) is 4.57. The number of para-hydroxylation sites is 1. The van der Waals surface area contributed by atoms with Crippen LogP contribution in [0.1, 0.15) is 41.4 Å². The lowest BCUT2D eigenvalue weighted by Crippen LogP contribution is -2.53. The van der Waals surface area contributed by atoms with Gasteiger partial charge in [-0.1, -0.05) is 24.3 Å². The van der Waals surface area contributed by atoms with Crippen LogP contribution >= 0.6 is 0 Å². The number of urea groups is 2. The number of amides is 4. The van der Waals surface area contributed by atoms with Crippen LogP contribution in [0.2, 0.25) is 0 Å². The van der Waals surface area contributed by atoms with Gasteiger partial charge in [-0.15, -0.1) is 0 Å². The van der Waals surface area contributed by atoms with Crippen molar-refractivity contribution in [2.75, 3.05) is 18.4 Å². The molecule has 1 atom stereocenters. The molecule has 3 N–H and O–H groups in total. The van der Waals surface area contributed by atoms with Crippen molar-refractivity contribution in [2.45, 2.75) is 44.8 Å². The molecule has 1 fully saturated rings. The first-order chi connectivity index (χ1) is 18.5. The third-order valence-corrected chi connectivity index (χ3v) is 7.77. The van der Waals surface area contributed by atoms with Crippen molar-refractivity contribution in [3.05, 3.63) is 77.5 Å². The van der Waals surface area contributed by atoms with Gasteiger partial charge in [0, 0.05) is 56.2 Å². The fraction of sp³-hybridized carbons (Fsp3) is 0.357. The van der Waals surface area contributed by atoms with E-state index in [-0.39, 0.29) is 24.1 Å². The smallest absolute Gasteiger partial charge is 0.322 e. The van der Waals surface area contributed by atoms with Gasteiger partial charge in [0.1, 0.15) is 5.82 Å². The maximum Gasteiger partial charge on any atom is 0.322 e. The van der Waals surface area contributed by atoms with Gasteiger partial charge in [0.15, 0.2) is 0 Å². The SMILES string of the molecule is Cc1cc(CC(NC(=O)N2CCC(N3Cc4ccccc4NC3=O)CC2)c2nccn2C)cc2cn[nH]c12. The highest BCUT2D eigenvalue weighted by molar-refractivity contribution is 5.92. The molecule has 2 aliphatic rings. The molecule has 1 saturated heterocycles. The Morgan fingerprint density at radius 1 is 1.21 bits per heavy atom. The van der Waals surface area contributed by atoms with Crippen molar-refractivity contribution in [3.63, 3.8) is 0 Å². The molecule has 0 radical (unpaired) electrons. The van der Waals surface area contributed by atoms with Gasteiger partial charge in [0.05, 0.1) is 17.8 Å². The molecule has 2 aromatic heterocycles. The normalized spacial score (nSPS) is 16.8. The molecule has 10 heteroatoms. The Balaban J connectivity index is 1.13. The number of carbonyl (C=O) groups is 2. The third-order valence-electron chi connectivity index (χ3n) is 7.77. The van der Waals surface area contributed by atoms with Crippen molar-refractivity contribution < 1.29 is 9.59 Å². The van der Waals surface area contributed by atoms with E-state index in [0.29, 0.717) is 26.1 Å². The van der Waals surface area contributed by atoms with E-state index in [2.05, 4.69) is 44.9 Å². The average molecular weight is 513 g/mol. The zero-order valence-electron chi connectivity index (χ0n) is 21.6. The van der Waals surface area contributed by atoms with E-state index in [0.717, 1.165) is 51.9 Å². The number of piperidine rings is 1. The fourth-order valence-electron chi connectivity index (χ4n) is 5.72. The molecule has 0 aliphatic carbocycles. The summed E-state index contributed by atoms with van der Waals surface area (Å²) in [5.41, 5.74) is 5.26. The predicted octanol–water partition coefficient (Wildman–Crippen LogP) is 4.11. The number of nitrogens with one attached hydrogen (secondary N) is 3. The minimum Gasteiger partial charge on any atom is -0.336 e. The molecule has 10 nitrogen and oxygen atoms in total. The van der Waals surface area contributed by atoms with Crippen LogP contribution in [-0.4, -0.2) is 60.7 Å². The molecular formula is C28H32N8O2. The number of imidazole rings is 1. The number of aryl methyl sites for hydroxylation is 2. The summed E-state index contributed by atoms with van der Waals surface area (Å²) in [7, 11) is 1.94. The molecule has 4 amide bonds. The Kier molecular flexibility index (Phi) is 6.22. The summed E-state index contributed by atoms with van der Waals surface area (Å²) in [6.07, 6.45) is 7.57. The Hall–Kier alpha value is -4.34. The molecule has 0 saturated carbocycles. The minimum atomic E-state index is -0.284. The van der Waals surface area contributed by atoms with E-state index in [1.807, 2.05) is 58.1 Å². The lowest BCUT2D eigenvalue weighted by molar-refractivity contribution is 0.127. The summed E-state index contributed by atoms with van der Waals surface area (Å²) in [6, 6.07) is 11.8. The second-order valence-corrected chi connectivity index (χ2v) is 10.3. The minimum absolute atomic E-state index is 0.0636. The van der Waals surface area contributed by atoms with Crippen LogP contribution in [0, 0.1) is 6.92 Å². The highest BCUT2D eigenvalue weighted by Gasteiger charge is 2.33. The van der Waals surface area contributed by atoms with Crippen LogP contribution in [0.15, 0.2) is 55.0 Å². The van der Waals surface area contributed by atoms with Gasteiger partial charge in [-0.25, -0.2) is 14.6 Å². The number of hydrogen-bond donors (Lipinski definition) is 3. The molecule has 2 aromatic carbocycles. The zero-order chi connectivity index (χ0) is 26.2. The summed E-state index contributed by atoms with van der Waals surface area (Å²) in [5.74, 6) is 0.807. The van der Waals surface area contributed by atoms with Crippen molar-refractivity contribution in [3.8, 4) is 0 Å². The number of hydrogen-bond acceptors (Lipinski definition) is 4. The number of aromatic nitrogens is 4. The largest absolute Gasteiger partial charge is 0.336 e. The summed E-state index contributed by atoms with van der Waals surface area (Å²) in [6.45, 7) is 3.84. The van der Waals surface area contributed by atoms with Crippen molar-refractivity contribution >= 4 is 28.7 Å². The van der Waals surface area contributed by atoms with Gasteiger partial charge < -0.3 is 25.0 Å². The number of anilines is 1. The number of benzene rings is 2. The van der Waals surface area contributed by atoms with E-state index < -0.39 is 0 Å². The van der Waals surface area contributed by atoms with Crippen LogP contribution in [0.25, 0.3) is 10.9 Å². The zero-order valence-corrected chi connectivity index (χ0v) is 21.6. The monoisotopic (exact) mass is 512 g/mol. The Morgan fingerprint density at radius 3 is 2.82 bits per heavy atom. The van der Waals surface area contributed by atoms with Crippen LogP contribution in [0.5, 0.6) is 0 Å².